The summed E-state index contributed by atoms with van der Waals surface area (Å²) in [6.07, 6.45) is 0. The minimum absolute atomic E-state index is 0.0350. The van der Waals surface area contributed by atoms with Crippen LogP contribution in [0.25, 0.3) is 11.4 Å². The van der Waals surface area contributed by atoms with E-state index in [2.05, 4.69) is 20.8 Å². The number of aromatic nitrogens is 2. The van der Waals surface area contributed by atoms with Crippen molar-refractivity contribution in [2.24, 2.45) is 0 Å². The number of nitrogens with zero attached hydrogens (tertiary/aromatic N) is 3. The molecule has 0 aliphatic heterocycles. The lowest BCUT2D eigenvalue weighted by molar-refractivity contribution is -0.384. The van der Waals surface area contributed by atoms with Crippen molar-refractivity contribution < 1.29 is 19.0 Å². The summed E-state index contributed by atoms with van der Waals surface area (Å²) in [6.45, 7) is 0.191. The summed E-state index contributed by atoms with van der Waals surface area (Å²) in [5.74, 6) is -1.38. The van der Waals surface area contributed by atoms with Gasteiger partial charge in [-0.25, -0.2) is 0 Å². The van der Waals surface area contributed by atoms with E-state index in [-0.39, 0.29) is 41.1 Å². The zero-order valence-electron chi connectivity index (χ0n) is 15.1. The second-order valence-electron chi connectivity index (χ2n) is 5.87. The average molecular weight is 450 g/mol. The highest BCUT2D eigenvalue weighted by atomic mass is 35.5. The maximum atomic E-state index is 12.1. The average Bonchev–Trinajstić information content (AvgIpc) is 3.23. The van der Waals surface area contributed by atoms with Crippen LogP contribution in [0.4, 0.5) is 5.69 Å². The molecule has 2 amide bonds. The molecule has 2 N–H and O–H groups in total. The molecule has 0 saturated heterocycles. The molecular formula is C18H13Cl2N5O5. The molecule has 30 heavy (non-hydrogen) atoms. The third-order valence-electron chi connectivity index (χ3n) is 3.80. The molecule has 3 aromatic rings. The highest BCUT2D eigenvalue weighted by molar-refractivity contribution is 6.35. The maximum absolute atomic E-state index is 12.1. The van der Waals surface area contributed by atoms with Crippen LogP contribution in [0.5, 0.6) is 0 Å². The largest absolute Gasteiger partial charge is 0.350 e. The van der Waals surface area contributed by atoms with Crippen molar-refractivity contribution >= 4 is 40.7 Å². The number of amides is 2. The first-order valence-corrected chi connectivity index (χ1v) is 9.20. The first-order valence-electron chi connectivity index (χ1n) is 8.45. The van der Waals surface area contributed by atoms with Crippen LogP contribution < -0.4 is 10.6 Å². The highest BCUT2D eigenvalue weighted by Gasteiger charge is 2.17. The van der Waals surface area contributed by atoms with E-state index in [0.717, 1.165) is 0 Å². The number of carbonyl (C=O) groups excluding carboxylic acids is 2. The van der Waals surface area contributed by atoms with Crippen LogP contribution in [-0.4, -0.2) is 40.0 Å². The smallest absolute Gasteiger partial charge is 0.316 e. The third-order valence-corrected chi connectivity index (χ3v) is 4.37. The molecule has 0 unspecified atom stereocenters. The van der Waals surface area contributed by atoms with Gasteiger partial charge in [-0.05, 0) is 18.2 Å². The summed E-state index contributed by atoms with van der Waals surface area (Å²) in [5.41, 5.74) is 0.408. The van der Waals surface area contributed by atoms with E-state index in [1.807, 2.05) is 0 Å². The predicted octanol–water partition coefficient (Wildman–Crippen LogP) is 3.11. The van der Waals surface area contributed by atoms with Gasteiger partial charge in [-0.2, -0.15) is 4.98 Å². The summed E-state index contributed by atoms with van der Waals surface area (Å²) < 4.78 is 4.90. The Morgan fingerprint density at radius 1 is 1.07 bits per heavy atom. The first kappa shape index (κ1) is 21.2. The molecule has 0 spiro atoms. The number of halogens is 2. The molecule has 0 aliphatic rings. The number of nitrogens with one attached hydrogen (secondary N) is 2. The van der Waals surface area contributed by atoms with Crippen LogP contribution in [0, 0.1) is 10.1 Å². The number of hydrogen-bond donors (Lipinski definition) is 2. The van der Waals surface area contributed by atoms with Gasteiger partial charge in [0, 0.05) is 35.8 Å². The van der Waals surface area contributed by atoms with Gasteiger partial charge < -0.3 is 15.2 Å². The van der Waals surface area contributed by atoms with Gasteiger partial charge in [0.05, 0.1) is 15.5 Å². The number of hydrogen-bond acceptors (Lipinski definition) is 7. The van der Waals surface area contributed by atoms with Crippen LogP contribution in [-0.2, 0) is 0 Å². The lowest BCUT2D eigenvalue weighted by Crippen LogP contribution is -2.34. The van der Waals surface area contributed by atoms with Crippen molar-refractivity contribution in [1.82, 2.24) is 20.8 Å². The van der Waals surface area contributed by atoms with Crippen molar-refractivity contribution in [3.63, 3.8) is 0 Å². The molecule has 1 heterocycles. The van der Waals surface area contributed by atoms with Crippen molar-refractivity contribution in [2.45, 2.75) is 0 Å². The molecule has 154 valence electrons. The molecule has 0 bridgehead atoms. The lowest BCUT2D eigenvalue weighted by atomic mass is 10.2. The van der Waals surface area contributed by atoms with Gasteiger partial charge in [0.1, 0.15) is 0 Å². The number of rotatable bonds is 7. The fourth-order valence-electron chi connectivity index (χ4n) is 2.39. The number of nitro groups is 1. The Hall–Kier alpha value is -3.50. The fraction of sp³-hybridized carbons (Fsp3) is 0.111. The third kappa shape index (κ3) is 5.10. The Morgan fingerprint density at radius 2 is 1.80 bits per heavy atom. The van der Waals surface area contributed by atoms with Crippen molar-refractivity contribution in [3.8, 4) is 11.4 Å². The van der Waals surface area contributed by atoms with E-state index >= 15 is 0 Å². The van der Waals surface area contributed by atoms with Gasteiger partial charge in [0.25, 0.3) is 11.6 Å². The predicted molar refractivity (Wildman–Crippen MR) is 108 cm³/mol. The molecule has 2 aromatic carbocycles. The molecule has 0 fully saturated rings. The molecule has 0 saturated carbocycles. The van der Waals surface area contributed by atoms with E-state index in [4.69, 9.17) is 27.7 Å². The zero-order valence-corrected chi connectivity index (χ0v) is 16.6. The standard InChI is InChI=1S/C18H13Cl2N5O5/c19-11-4-5-14(20)13(9-11)16(26)21-6-7-22-17(27)18-23-15(24-30-18)10-2-1-3-12(8-10)25(28)29/h1-5,8-9H,6-7H2,(H,21,26)(H,22,27). The topological polar surface area (TPSA) is 140 Å². The molecule has 0 atom stereocenters. The van der Waals surface area contributed by atoms with E-state index in [1.165, 1.54) is 30.3 Å². The Bertz CT molecular complexity index is 1120. The van der Waals surface area contributed by atoms with Crippen LogP contribution in [0.2, 0.25) is 10.0 Å². The van der Waals surface area contributed by atoms with Crippen LogP contribution in [0.15, 0.2) is 47.0 Å². The first-order chi connectivity index (χ1) is 14.3. The van der Waals surface area contributed by atoms with E-state index in [9.17, 15) is 19.7 Å². The Kier molecular flexibility index (Phi) is 6.60. The fourth-order valence-corrected chi connectivity index (χ4v) is 2.76. The Balaban J connectivity index is 1.54. The van der Waals surface area contributed by atoms with Gasteiger partial charge in [0.15, 0.2) is 0 Å². The van der Waals surface area contributed by atoms with Crippen LogP contribution >= 0.6 is 23.2 Å². The molecular weight excluding hydrogens is 437 g/mol. The summed E-state index contributed by atoms with van der Waals surface area (Å²) in [4.78, 5) is 38.5. The highest BCUT2D eigenvalue weighted by Crippen LogP contribution is 2.22. The number of benzene rings is 2. The quantitative estimate of drug-likeness (QED) is 0.320. The van der Waals surface area contributed by atoms with Gasteiger partial charge in [-0.1, -0.05) is 40.5 Å². The Morgan fingerprint density at radius 3 is 2.53 bits per heavy atom. The summed E-state index contributed by atoms with van der Waals surface area (Å²) in [5, 5.41) is 20.2. The van der Waals surface area contributed by atoms with Crippen LogP contribution in [0.3, 0.4) is 0 Å². The second-order valence-corrected chi connectivity index (χ2v) is 6.71. The van der Waals surface area contributed by atoms with E-state index in [1.54, 1.807) is 12.1 Å². The van der Waals surface area contributed by atoms with Gasteiger partial charge in [-0.3, -0.25) is 19.7 Å². The molecule has 1 aromatic heterocycles. The monoisotopic (exact) mass is 449 g/mol. The van der Waals surface area contributed by atoms with Gasteiger partial charge >= 0.3 is 11.8 Å². The number of carbonyl (C=O) groups is 2. The molecule has 10 nitrogen and oxygen atoms in total. The number of non-ortho nitro benzene ring substituents is 1. The van der Waals surface area contributed by atoms with Crippen molar-refractivity contribution in [1.29, 1.82) is 0 Å². The van der Waals surface area contributed by atoms with Crippen molar-refractivity contribution in [3.05, 3.63) is 74.1 Å². The number of nitro benzene ring substituents is 1. The zero-order chi connectivity index (χ0) is 21.7. The maximum Gasteiger partial charge on any atom is 0.316 e. The summed E-state index contributed by atoms with van der Waals surface area (Å²) in [6, 6.07) is 10.1. The van der Waals surface area contributed by atoms with Crippen LogP contribution in [0.1, 0.15) is 21.0 Å². The summed E-state index contributed by atoms with van der Waals surface area (Å²) in [7, 11) is 0. The normalized spacial score (nSPS) is 10.5. The van der Waals surface area contributed by atoms with Gasteiger partial charge in [-0.15, -0.1) is 0 Å². The molecule has 0 radical (unpaired) electrons. The molecule has 12 heteroatoms. The Labute approximate surface area is 179 Å². The second kappa shape index (κ2) is 9.33. The summed E-state index contributed by atoms with van der Waals surface area (Å²) >= 11 is 11.8. The molecule has 0 aliphatic carbocycles. The van der Waals surface area contributed by atoms with Crippen molar-refractivity contribution in [2.75, 3.05) is 13.1 Å². The minimum Gasteiger partial charge on any atom is -0.350 e. The molecule has 3 rings (SSSR count). The van der Waals surface area contributed by atoms with Gasteiger partial charge in [0.2, 0.25) is 5.82 Å². The minimum atomic E-state index is -0.658. The van der Waals surface area contributed by atoms with E-state index in [0.29, 0.717) is 10.6 Å². The SMILES string of the molecule is O=C(NCCNC(=O)c1cc(Cl)ccc1Cl)c1nc(-c2cccc([N+](=O)[O-])c2)no1. The lowest BCUT2D eigenvalue weighted by Gasteiger charge is -2.07. The van der Waals surface area contributed by atoms with E-state index < -0.39 is 16.7 Å².